The molecule has 1 aliphatic heterocycles. The summed E-state index contributed by atoms with van der Waals surface area (Å²) in [6.07, 6.45) is -4.67. The Kier molecular flexibility index (Phi) is 8.40. The summed E-state index contributed by atoms with van der Waals surface area (Å²) in [6.45, 7) is 2.69. The van der Waals surface area contributed by atoms with Crippen molar-refractivity contribution in [2.75, 3.05) is 6.54 Å². The van der Waals surface area contributed by atoms with E-state index in [-0.39, 0.29) is 16.6 Å². The van der Waals surface area contributed by atoms with E-state index >= 15 is 0 Å². The van der Waals surface area contributed by atoms with E-state index in [1.165, 1.54) is 12.1 Å². The van der Waals surface area contributed by atoms with Crippen molar-refractivity contribution in [3.63, 3.8) is 0 Å². The molecular weight excluding hydrogens is 477 g/mol. The van der Waals surface area contributed by atoms with Crippen LogP contribution in [0.15, 0.2) is 53.4 Å². The highest BCUT2D eigenvalue weighted by molar-refractivity contribution is 7.89. The molecule has 0 bridgehead atoms. The summed E-state index contributed by atoms with van der Waals surface area (Å²) >= 11 is 0. The van der Waals surface area contributed by atoms with Crippen molar-refractivity contribution < 1.29 is 36.3 Å². The number of carbonyl (C=O) groups is 2. The number of carboxylic acid groups (broad SMARTS) is 1. The van der Waals surface area contributed by atoms with Crippen LogP contribution in [0.4, 0.5) is 13.2 Å². The Hall–Kier alpha value is -3.45. The molecule has 0 radical (unpaired) electrons. The zero-order chi connectivity index (χ0) is 25.7. The molecule has 1 heterocycles. The van der Waals surface area contributed by atoms with Gasteiger partial charge >= 0.3 is 12.1 Å². The first-order valence-corrected chi connectivity index (χ1v) is 11.3. The Bertz CT molecular complexity index is 1170. The molecule has 9 nitrogen and oxygen atoms in total. The van der Waals surface area contributed by atoms with Crippen LogP contribution in [0, 0.1) is 12.3 Å². The van der Waals surface area contributed by atoms with E-state index in [9.17, 15) is 26.4 Å². The molecule has 0 spiro atoms. The summed E-state index contributed by atoms with van der Waals surface area (Å²) in [5.41, 5.74) is 7.90. The van der Waals surface area contributed by atoms with Gasteiger partial charge in [0.15, 0.2) is 0 Å². The Morgan fingerprint density at radius 3 is 2.35 bits per heavy atom. The van der Waals surface area contributed by atoms with E-state index in [1.54, 1.807) is 35.2 Å². The largest absolute Gasteiger partial charge is 0.490 e. The predicted molar refractivity (Wildman–Crippen MR) is 116 cm³/mol. The minimum Gasteiger partial charge on any atom is -0.475 e. The molecule has 2 aromatic rings. The Balaban J connectivity index is 0.000000509. The molecule has 3 rings (SSSR count). The summed E-state index contributed by atoms with van der Waals surface area (Å²) < 4.78 is 59.3. The number of sulfonamides is 1. The van der Waals surface area contributed by atoms with Gasteiger partial charge in [0.25, 0.3) is 0 Å². The summed E-state index contributed by atoms with van der Waals surface area (Å²) in [5.74, 6) is -3.04. The fourth-order valence-corrected chi connectivity index (χ4v) is 4.26. The van der Waals surface area contributed by atoms with E-state index in [4.69, 9.17) is 21.0 Å². The lowest BCUT2D eigenvalue weighted by atomic mass is 10.1. The molecular formula is C21H23F3N4O5S. The van der Waals surface area contributed by atoms with Crippen LogP contribution in [0.3, 0.4) is 0 Å². The highest BCUT2D eigenvalue weighted by Gasteiger charge is 2.38. The number of carbonyl (C=O) groups excluding carboxylic acids is 1. The van der Waals surface area contributed by atoms with Crippen LogP contribution < -0.4 is 10.5 Å². The van der Waals surface area contributed by atoms with Crippen LogP contribution in [-0.4, -0.2) is 54.9 Å². The number of nitrogens with zero attached hydrogens (tertiary/aromatic N) is 1. The minimum absolute atomic E-state index is 0.0340. The highest BCUT2D eigenvalue weighted by atomic mass is 32.2. The molecule has 0 unspecified atom stereocenters. The number of aliphatic carboxylic acids is 1. The van der Waals surface area contributed by atoms with E-state index in [1.807, 2.05) is 13.0 Å². The zero-order valence-electron chi connectivity index (χ0n) is 18.0. The van der Waals surface area contributed by atoms with Gasteiger partial charge in [0.05, 0.1) is 4.90 Å². The van der Waals surface area contributed by atoms with Gasteiger partial charge in [-0.15, -0.1) is 0 Å². The molecule has 13 heteroatoms. The molecule has 1 saturated heterocycles. The normalized spacial score (nSPS) is 16.1. The van der Waals surface area contributed by atoms with Gasteiger partial charge in [-0.05, 0) is 37.1 Å². The molecule has 5 N–H and O–H groups in total. The van der Waals surface area contributed by atoms with Gasteiger partial charge in [0, 0.05) is 18.7 Å². The fourth-order valence-electron chi connectivity index (χ4n) is 3.04. The molecule has 2 aromatic carbocycles. The van der Waals surface area contributed by atoms with Gasteiger partial charge in [0.2, 0.25) is 15.9 Å². The van der Waals surface area contributed by atoms with Crippen molar-refractivity contribution in [1.29, 1.82) is 5.41 Å². The van der Waals surface area contributed by atoms with Crippen molar-refractivity contribution in [3.05, 3.63) is 65.2 Å². The number of likely N-dealkylation sites (tertiary alicyclic amines) is 1. The number of amidine groups is 1. The van der Waals surface area contributed by atoms with Gasteiger partial charge < -0.3 is 15.7 Å². The minimum atomic E-state index is -5.08. The van der Waals surface area contributed by atoms with E-state index in [2.05, 4.69) is 4.72 Å². The van der Waals surface area contributed by atoms with Crippen molar-refractivity contribution >= 4 is 27.7 Å². The lowest BCUT2D eigenvalue weighted by Crippen LogP contribution is -2.41. The van der Waals surface area contributed by atoms with Crippen LogP contribution in [0.2, 0.25) is 0 Å². The Labute approximate surface area is 193 Å². The number of amides is 1. The van der Waals surface area contributed by atoms with Gasteiger partial charge in [-0.3, -0.25) is 10.2 Å². The zero-order valence-corrected chi connectivity index (χ0v) is 18.8. The Morgan fingerprint density at radius 2 is 1.82 bits per heavy atom. The van der Waals surface area contributed by atoms with Gasteiger partial charge in [-0.25, -0.2) is 13.2 Å². The summed E-state index contributed by atoms with van der Waals surface area (Å²) in [4.78, 5) is 23.3. The summed E-state index contributed by atoms with van der Waals surface area (Å²) in [6, 6.07) is 12.9. The molecule has 1 amide bonds. The van der Waals surface area contributed by atoms with Gasteiger partial charge in [-0.2, -0.15) is 17.9 Å². The van der Waals surface area contributed by atoms with Crippen LogP contribution in [0.25, 0.3) is 0 Å². The molecule has 1 atom stereocenters. The molecule has 184 valence electrons. The Morgan fingerprint density at radius 1 is 1.24 bits per heavy atom. The second-order valence-corrected chi connectivity index (χ2v) is 9.17. The topological polar surface area (TPSA) is 154 Å². The number of benzene rings is 2. The van der Waals surface area contributed by atoms with Crippen LogP contribution in [-0.2, 0) is 26.2 Å². The molecule has 1 aliphatic rings. The number of halogens is 3. The first-order chi connectivity index (χ1) is 15.7. The maximum atomic E-state index is 12.6. The first kappa shape index (κ1) is 26.8. The predicted octanol–water partition coefficient (Wildman–Crippen LogP) is 1.99. The molecule has 1 fully saturated rings. The molecule has 0 aliphatic carbocycles. The summed E-state index contributed by atoms with van der Waals surface area (Å²) in [5, 5.41) is 14.6. The molecule has 34 heavy (non-hydrogen) atoms. The number of hydrogen-bond acceptors (Lipinski definition) is 5. The number of rotatable bonds is 6. The number of nitrogen functional groups attached to an aromatic ring is 1. The molecule has 0 saturated carbocycles. The fraction of sp³-hybridized carbons (Fsp3) is 0.286. The van der Waals surface area contributed by atoms with E-state index in [0.717, 1.165) is 11.1 Å². The third-order valence-corrected chi connectivity index (χ3v) is 6.27. The van der Waals surface area contributed by atoms with Crippen molar-refractivity contribution in [3.8, 4) is 0 Å². The van der Waals surface area contributed by atoms with E-state index < -0.39 is 28.2 Å². The smallest absolute Gasteiger partial charge is 0.475 e. The van der Waals surface area contributed by atoms with Crippen LogP contribution in [0.1, 0.15) is 23.1 Å². The third-order valence-electron chi connectivity index (χ3n) is 4.78. The monoisotopic (exact) mass is 500 g/mol. The lowest BCUT2D eigenvalue weighted by molar-refractivity contribution is -0.192. The van der Waals surface area contributed by atoms with Gasteiger partial charge in [-0.1, -0.05) is 35.9 Å². The average Bonchev–Trinajstić information content (AvgIpc) is 3.07. The maximum absolute atomic E-state index is 12.6. The second kappa shape index (κ2) is 10.7. The van der Waals surface area contributed by atoms with Crippen molar-refractivity contribution in [2.45, 2.75) is 37.0 Å². The second-order valence-electron chi connectivity index (χ2n) is 7.45. The van der Waals surface area contributed by atoms with Crippen molar-refractivity contribution in [1.82, 2.24) is 9.62 Å². The van der Waals surface area contributed by atoms with E-state index in [0.29, 0.717) is 25.1 Å². The standard InChI is InChI=1S/C19H22N4O3S.C2HF3O2/c1-13-5-7-16(8-6-13)27(25,26)22-17-9-10-23(19(17)24)12-14-3-2-4-15(11-14)18(20)21;3-2(4,5)1(6)7/h2-8,11,17,22H,9-10,12H2,1H3,(H3,20,21);(H,6,7)/t17-;/m0./s1. The van der Waals surface area contributed by atoms with Crippen LogP contribution >= 0.6 is 0 Å². The number of alkyl halides is 3. The lowest BCUT2D eigenvalue weighted by Gasteiger charge is -2.18. The number of carboxylic acids is 1. The number of nitrogens with two attached hydrogens (primary N) is 1. The van der Waals surface area contributed by atoms with Crippen LogP contribution in [0.5, 0.6) is 0 Å². The first-order valence-electron chi connectivity index (χ1n) is 9.82. The number of hydrogen-bond donors (Lipinski definition) is 4. The number of aryl methyl sites for hydroxylation is 1. The highest BCUT2D eigenvalue weighted by Crippen LogP contribution is 2.19. The van der Waals surface area contributed by atoms with Crippen molar-refractivity contribution in [2.24, 2.45) is 5.73 Å². The maximum Gasteiger partial charge on any atom is 0.490 e. The number of nitrogens with one attached hydrogen (secondary N) is 2. The molecule has 0 aromatic heterocycles. The summed E-state index contributed by atoms with van der Waals surface area (Å²) in [7, 11) is -3.75. The van der Waals surface area contributed by atoms with Gasteiger partial charge in [0.1, 0.15) is 11.9 Å². The average molecular weight is 500 g/mol. The third kappa shape index (κ3) is 7.28. The quantitative estimate of drug-likeness (QED) is 0.351. The SMILES string of the molecule is Cc1ccc(S(=O)(=O)N[C@H]2CCN(Cc3cccc(C(=N)N)c3)C2=O)cc1.O=C(O)C(F)(F)F.